The zero-order valence-corrected chi connectivity index (χ0v) is 16.9. The average Bonchev–Trinajstić information content (AvgIpc) is 2.66. The molecule has 0 radical (unpaired) electrons. The number of carboxylic acid groups (broad SMARTS) is 1. The molecule has 0 spiro atoms. The molecule has 0 aliphatic heterocycles. The predicted molar refractivity (Wildman–Crippen MR) is 111 cm³/mol. The van der Waals surface area contributed by atoms with E-state index < -0.39 is 15.8 Å². The molecule has 1 aliphatic carbocycles. The number of hydrogen-bond donors (Lipinski definition) is 1. The Balaban J connectivity index is 2.11. The van der Waals surface area contributed by atoms with Gasteiger partial charge in [0.1, 0.15) is 0 Å². The first kappa shape index (κ1) is 19.9. The van der Waals surface area contributed by atoms with Gasteiger partial charge in [0.25, 0.3) is 0 Å². The molecule has 0 heterocycles. The van der Waals surface area contributed by atoms with Gasteiger partial charge in [-0.15, -0.1) is 0 Å². The maximum Gasteiger partial charge on any atom is 0.336 e. The summed E-state index contributed by atoms with van der Waals surface area (Å²) in [5.41, 5.74) is 2.72. The van der Waals surface area contributed by atoms with Crippen molar-refractivity contribution in [3.63, 3.8) is 0 Å². The van der Waals surface area contributed by atoms with Crippen molar-refractivity contribution in [2.24, 2.45) is 0 Å². The van der Waals surface area contributed by atoms with E-state index in [-0.39, 0.29) is 16.7 Å². The molecule has 2 aromatic carbocycles. The van der Waals surface area contributed by atoms with Crippen molar-refractivity contribution in [1.82, 2.24) is 0 Å². The summed E-state index contributed by atoms with van der Waals surface area (Å²) in [5.74, 6) is 4.91. The van der Waals surface area contributed by atoms with Gasteiger partial charge in [-0.2, -0.15) is 0 Å². The second kappa shape index (κ2) is 7.29. The Morgan fingerprint density at radius 1 is 1.14 bits per heavy atom. The number of hydrogen-bond acceptors (Lipinski definition) is 3. The minimum atomic E-state index is -3.35. The van der Waals surface area contributed by atoms with Crippen LogP contribution in [0.25, 0.3) is 4.91 Å². The van der Waals surface area contributed by atoms with Crippen LogP contribution in [0.5, 0.6) is 0 Å². The molecule has 2 aromatic rings. The molecule has 0 atom stereocenters. The molecule has 0 fully saturated rings. The summed E-state index contributed by atoms with van der Waals surface area (Å²) in [7, 11) is -3.35. The number of allylic oxidation sites excluding steroid dienone is 1. The second-order valence-corrected chi connectivity index (χ2v) is 9.67. The topological polar surface area (TPSA) is 71.4 Å². The maximum absolute atomic E-state index is 12.6. The molecule has 0 aromatic heterocycles. The van der Waals surface area contributed by atoms with Crippen molar-refractivity contribution in [2.45, 2.75) is 32.6 Å². The molecule has 3 rings (SSSR count). The Labute approximate surface area is 165 Å². The highest BCUT2D eigenvalue weighted by molar-refractivity contribution is 8.00. The van der Waals surface area contributed by atoms with Crippen molar-refractivity contribution < 1.29 is 18.3 Å². The van der Waals surface area contributed by atoms with E-state index in [1.54, 1.807) is 37.3 Å². The zero-order chi connectivity index (χ0) is 20.5. The standard InChI is InChI=1S/C23H22O4S/c1-4-28(26,27)21-13-14-23(2,3)20-12-10-16(15-19(20)21)9-11-17-7-5-6-8-18(17)22(24)25/h5-8,10,12-13,15H,4,14H2,1-3H3,(H,24,25). The Morgan fingerprint density at radius 2 is 1.86 bits per heavy atom. The molecular weight excluding hydrogens is 372 g/mol. The molecule has 4 nitrogen and oxygen atoms in total. The lowest BCUT2D eigenvalue weighted by Crippen LogP contribution is -2.24. The van der Waals surface area contributed by atoms with Crippen LogP contribution in [-0.4, -0.2) is 25.2 Å². The minimum absolute atomic E-state index is 0.0423. The number of aromatic carboxylic acids is 1. The number of fused-ring (bicyclic) bond motifs is 1. The zero-order valence-electron chi connectivity index (χ0n) is 16.1. The molecular formula is C23H22O4S. The smallest absolute Gasteiger partial charge is 0.336 e. The average molecular weight is 394 g/mol. The van der Waals surface area contributed by atoms with E-state index in [4.69, 9.17) is 0 Å². The van der Waals surface area contributed by atoms with Gasteiger partial charge >= 0.3 is 5.97 Å². The van der Waals surface area contributed by atoms with Gasteiger partial charge in [-0.3, -0.25) is 0 Å². The van der Waals surface area contributed by atoms with Crippen LogP contribution in [-0.2, 0) is 15.3 Å². The van der Waals surface area contributed by atoms with Crippen LogP contribution in [0.3, 0.4) is 0 Å². The maximum atomic E-state index is 12.6. The molecule has 0 unspecified atom stereocenters. The van der Waals surface area contributed by atoms with Gasteiger partial charge < -0.3 is 5.11 Å². The second-order valence-electron chi connectivity index (χ2n) is 7.42. The van der Waals surface area contributed by atoms with E-state index in [0.717, 1.165) is 5.56 Å². The summed E-state index contributed by atoms with van der Waals surface area (Å²) in [4.78, 5) is 11.7. The van der Waals surface area contributed by atoms with E-state index in [0.29, 0.717) is 28.0 Å². The summed E-state index contributed by atoms with van der Waals surface area (Å²) >= 11 is 0. The molecule has 0 saturated carbocycles. The number of carboxylic acids is 1. The van der Waals surface area contributed by atoms with Gasteiger partial charge in [0.15, 0.2) is 9.84 Å². The van der Waals surface area contributed by atoms with E-state index in [1.165, 1.54) is 6.07 Å². The number of benzene rings is 2. The molecule has 144 valence electrons. The third-order valence-electron chi connectivity index (χ3n) is 5.03. The number of sulfone groups is 1. The largest absolute Gasteiger partial charge is 0.478 e. The van der Waals surface area contributed by atoms with E-state index in [9.17, 15) is 18.3 Å². The molecule has 1 aliphatic rings. The molecule has 0 bridgehead atoms. The summed E-state index contributed by atoms with van der Waals surface area (Å²) in [6.45, 7) is 5.82. The van der Waals surface area contributed by atoms with Gasteiger partial charge in [0.05, 0.1) is 16.2 Å². The van der Waals surface area contributed by atoms with Gasteiger partial charge in [-0.05, 0) is 47.2 Å². The molecule has 1 N–H and O–H groups in total. The van der Waals surface area contributed by atoms with Crippen LogP contribution in [0.4, 0.5) is 0 Å². The van der Waals surface area contributed by atoms with E-state index >= 15 is 0 Å². The first-order valence-corrected chi connectivity index (χ1v) is 10.7. The first-order valence-electron chi connectivity index (χ1n) is 9.08. The third-order valence-corrected chi connectivity index (χ3v) is 6.84. The highest BCUT2D eigenvalue weighted by Gasteiger charge is 2.32. The number of carbonyl (C=O) groups is 1. The monoisotopic (exact) mass is 394 g/mol. The summed E-state index contributed by atoms with van der Waals surface area (Å²) < 4.78 is 25.1. The highest BCUT2D eigenvalue weighted by Crippen LogP contribution is 2.41. The van der Waals surface area contributed by atoms with Gasteiger partial charge in [0, 0.05) is 11.1 Å². The molecule has 5 heteroatoms. The van der Waals surface area contributed by atoms with Crippen LogP contribution >= 0.6 is 0 Å². The van der Waals surface area contributed by atoms with Crippen molar-refractivity contribution in [3.05, 3.63) is 76.4 Å². The van der Waals surface area contributed by atoms with Crippen molar-refractivity contribution in [3.8, 4) is 11.8 Å². The van der Waals surface area contributed by atoms with Crippen LogP contribution < -0.4 is 0 Å². The predicted octanol–water partition coefficient (Wildman–Crippen LogP) is 4.24. The Hall–Kier alpha value is -2.84. The summed E-state index contributed by atoms with van der Waals surface area (Å²) in [5, 5.41) is 9.29. The first-order chi connectivity index (χ1) is 13.2. The molecule has 0 saturated heterocycles. The van der Waals surface area contributed by atoms with Crippen molar-refractivity contribution in [1.29, 1.82) is 0 Å². The Morgan fingerprint density at radius 3 is 2.54 bits per heavy atom. The van der Waals surface area contributed by atoms with E-state index in [2.05, 4.69) is 25.7 Å². The lowest BCUT2D eigenvalue weighted by atomic mass is 9.75. The summed E-state index contributed by atoms with van der Waals surface area (Å²) in [6.07, 6.45) is 2.46. The lowest BCUT2D eigenvalue weighted by molar-refractivity contribution is 0.0696. The van der Waals surface area contributed by atoms with Crippen molar-refractivity contribution >= 4 is 20.7 Å². The van der Waals surface area contributed by atoms with Gasteiger partial charge in [-0.25, -0.2) is 13.2 Å². The normalized spacial score (nSPS) is 15.0. The Kier molecular flexibility index (Phi) is 5.18. The quantitative estimate of drug-likeness (QED) is 0.791. The fourth-order valence-electron chi connectivity index (χ4n) is 3.35. The molecule has 28 heavy (non-hydrogen) atoms. The Bertz CT molecular complexity index is 1140. The summed E-state index contributed by atoms with van der Waals surface area (Å²) in [6, 6.07) is 12.1. The fraction of sp³-hybridized carbons (Fsp3) is 0.261. The van der Waals surface area contributed by atoms with Gasteiger partial charge in [-0.1, -0.05) is 56.9 Å². The lowest BCUT2D eigenvalue weighted by Gasteiger charge is -2.31. The van der Waals surface area contributed by atoms with E-state index in [1.807, 2.05) is 12.1 Å². The minimum Gasteiger partial charge on any atom is -0.478 e. The van der Waals surface area contributed by atoms with Crippen LogP contribution in [0.2, 0.25) is 0 Å². The van der Waals surface area contributed by atoms with Gasteiger partial charge in [0.2, 0.25) is 0 Å². The van der Waals surface area contributed by atoms with Crippen LogP contribution in [0.15, 0.2) is 48.5 Å². The van der Waals surface area contributed by atoms with Crippen LogP contribution in [0.1, 0.15) is 59.8 Å². The SMILES string of the molecule is CCS(=O)(=O)C1=CCC(C)(C)c2ccc(C#Cc3ccccc3C(=O)O)cc21. The van der Waals surface area contributed by atoms with Crippen molar-refractivity contribution in [2.75, 3.05) is 5.75 Å². The number of rotatable bonds is 3. The third kappa shape index (κ3) is 3.74. The highest BCUT2D eigenvalue weighted by atomic mass is 32.2. The molecule has 0 amide bonds. The van der Waals surface area contributed by atoms with Crippen LogP contribution in [0, 0.1) is 11.8 Å². The fourth-order valence-corrected chi connectivity index (χ4v) is 4.50.